The Morgan fingerprint density at radius 1 is 1.32 bits per heavy atom. The number of hydrogen-bond acceptors (Lipinski definition) is 3. The average molecular weight is 280 g/mol. The Labute approximate surface area is 108 Å². The molecule has 0 aliphatic carbocycles. The van der Waals surface area contributed by atoms with E-state index in [1.54, 1.807) is 6.92 Å². The van der Waals surface area contributed by atoms with Crippen molar-refractivity contribution < 1.29 is 32.5 Å². The molecule has 4 nitrogen and oxygen atoms in total. The van der Waals surface area contributed by atoms with E-state index in [-0.39, 0.29) is 17.9 Å². The number of hydrogen-bond donors (Lipinski definition) is 1. The lowest BCUT2D eigenvalue weighted by atomic mass is 10.2. The average Bonchev–Trinajstić information content (AvgIpc) is 2.29. The summed E-state index contributed by atoms with van der Waals surface area (Å²) in [7, 11) is 0. The monoisotopic (exact) mass is 280 g/mol. The number of ether oxygens (including phenoxy) is 2. The molecule has 7 heteroatoms. The van der Waals surface area contributed by atoms with Gasteiger partial charge in [-0.1, -0.05) is 13.8 Å². The first-order valence-corrected chi connectivity index (χ1v) is 5.59. The van der Waals surface area contributed by atoms with Crippen LogP contribution in [0.5, 0.6) is 11.5 Å². The second kappa shape index (κ2) is 7.50. The van der Waals surface area contributed by atoms with Crippen LogP contribution in [0.1, 0.15) is 31.1 Å². The molecule has 0 saturated heterocycles. The molecule has 1 aromatic rings. The normalized spacial score (nSPS) is 10.2. The Kier molecular flexibility index (Phi) is 6.74. The molecule has 1 rings (SSSR count). The molecule has 0 aromatic heterocycles. The zero-order valence-electron chi connectivity index (χ0n) is 10.7. The van der Waals surface area contributed by atoms with Gasteiger partial charge in [0.2, 0.25) is 0 Å². The van der Waals surface area contributed by atoms with E-state index in [2.05, 4.69) is 4.74 Å². The maximum atomic E-state index is 11.9. The molecule has 1 aromatic carbocycles. The molecule has 19 heavy (non-hydrogen) atoms. The molecule has 0 aliphatic rings. The first-order chi connectivity index (χ1) is 8.83. The first kappa shape index (κ1) is 17.1. The SMILES string of the molecule is CC.CCOc1cc(OC(F)(F)F)ccc1C(=O)O. The maximum Gasteiger partial charge on any atom is 0.573 e. The van der Waals surface area contributed by atoms with Crippen molar-refractivity contribution in [1.82, 2.24) is 0 Å². The van der Waals surface area contributed by atoms with Crippen molar-refractivity contribution >= 4 is 5.97 Å². The molecular formula is C12H15F3O4. The van der Waals surface area contributed by atoms with Crippen molar-refractivity contribution in [2.24, 2.45) is 0 Å². The minimum absolute atomic E-state index is 0.135. The highest BCUT2D eigenvalue weighted by molar-refractivity contribution is 5.91. The Bertz CT molecular complexity index is 416. The summed E-state index contributed by atoms with van der Waals surface area (Å²) in [5, 5.41) is 8.77. The number of halogens is 3. The number of alkyl halides is 3. The fourth-order valence-electron chi connectivity index (χ4n) is 1.15. The number of carboxylic acid groups (broad SMARTS) is 1. The van der Waals surface area contributed by atoms with Crippen LogP contribution in [0.15, 0.2) is 18.2 Å². The molecule has 0 bridgehead atoms. The summed E-state index contributed by atoms with van der Waals surface area (Å²) in [6.07, 6.45) is -4.83. The minimum Gasteiger partial charge on any atom is -0.493 e. The van der Waals surface area contributed by atoms with Crippen molar-refractivity contribution in [3.05, 3.63) is 23.8 Å². The highest BCUT2D eigenvalue weighted by Crippen LogP contribution is 2.29. The number of carbonyl (C=O) groups is 1. The molecule has 0 amide bonds. The third-order valence-electron chi connectivity index (χ3n) is 1.72. The summed E-state index contributed by atoms with van der Waals surface area (Å²) in [6, 6.07) is 2.80. The highest BCUT2D eigenvalue weighted by Gasteiger charge is 2.31. The third kappa shape index (κ3) is 5.98. The van der Waals surface area contributed by atoms with E-state index in [9.17, 15) is 18.0 Å². The van der Waals surface area contributed by atoms with Gasteiger partial charge in [0.05, 0.1) is 6.61 Å². The van der Waals surface area contributed by atoms with E-state index in [1.165, 1.54) is 0 Å². The van der Waals surface area contributed by atoms with Crippen LogP contribution in [-0.4, -0.2) is 24.0 Å². The van der Waals surface area contributed by atoms with Crippen molar-refractivity contribution in [3.8, 4) is 11.5 Å². The van der Waals surface area contributed by atoms with Crippen LogP contribution >= 0.6 is 0 Å². The topological polar surface area (TPSA) is 55.8 Å². The number of rotatable bonds is 4. The van der Waals surface area contributed by atoms with E-state index in [1.807, 2.05) is 13.8 Å². The summed E-state index contributed by atoms with van der Waals surface area (Å²) >= 11 is 0. The molecule has 0 aliphatic heterocycles. The van der Waals surface area contributed by atoms with Gasteiger partial charge in [-0.15, -0.1) is 13.2 Å². The Morgan fingerprint density at radius 2 is 1.89 bits per heavy atom. The van der Waals surface area contributed by atoms with Crippen LogP contribution in [-0.2, 0) is 0 Å². The molecule has 0 heterocycles. The summed E-state index contributed by atoms with van der Waals surface area (Å²) < 4.78 is 44.4. The lowest BCUT2D eigenvalue weighted by Gasteiger charge is -2.12. The van der Waals surface area contributed by atoms with Gasteiger partial charge in [0, 0.05) is 6.07 Å². The first-order valence-electron chi connectivity index (χ1n) is 5.59. The predicted octanol–water partition coefficient (Wildman–Crippen LogP) is 3.71. The Morgan fingerprint density at radius 3 is 2.32 bits per heavy atom. The number of aromatic carboxylic acids is 1. The van der Waals surface area contributed by atoms with E-state index in [0.717, 1.165) is 18.2 Å². The Balaban J connectivity index is 0.00000154. The van der Waals surface area contributed by atoms with Crippen LogP contribution in [0.25, 0.3) is 0 Å². The van der Waals surface area contributed by atoms with Crippen LogP contribution in [0.2, 0.25) is 0 Å². The molecular weight excluding hydrogens is 265 g/mol. The summed E-state index contributed by atoms with van der Waals surface area (Å²) in [5.41, 5.74) is -0.221. The van der Waals surface area contributed by atoms with Gasteiger partial charge in [-0.2, -0.15) is 0 Å². The minimum atomic E-state index is -4.83. The fourth-order valence-corrected chi connectivity index (χ4v) is 1.15. The quantitative estimate of drug-likeness (QED) is 0.913. The maximum absolute atomic E-state index is 11.9. The predicted molar refractivity (Wildman–Crippen MR) is 62.6 cm³/mol. The van der Waals surface area contributed by atoms with Crippen molar-refractivity contribution in [3.63, 3.8) is 0 Å². The van der Waals surface area contributed by atoms with Gasteiger partial charge in [-0.3, -0.25) is 0 Å². The zero-order valence-corrected chi connectivity index (χ0v) is 10.7. The fraction of sp³-hybridized carbons (Fsp3) is 0.417. The second-order valence-electron chi connectivity index (χ2n) is 2.94. The summed E-state index contributed by atoms with van der Waals surface area (Å²) in [4.78, 5) is 10.8. The van der Waals surface area contributed by atoms with Gasteiger partial charge in [0.1, 0.15) is 17.1 Å². The van der Waals surface area contributed by atoms with Crippen LogP contribution in [0.3, 0.4) is 0 Å². The molecule has 0 spiro atoms. The lowest BCUT2D eigenvalue weighted by molar-refractivity contribution is -0.274. The lowest BCUT2D eigenvalue weighted by Crippen LogP contribution is -2.17. The summed E-state index contributed by atoms with van der Waals surface area (Å²) in [5.74, 6) is -1.97. The standard InChI is InChI=1S/C10H9F3O4.C2H6/c1-2-16-8-5-6(17-10(11,12)13)3-4-7(8)9(14)15;1-2/h3-5H,2H2,1H3,(H,14,15);1-2H3. The van der Waals surface area contributed by atoms with Crippen LogP contribution in [0.4, 0.5) is 13.2 Å². The molecule has 0 radical (unpaired) electrons. The van der Waals surface area contributed by atoms with Crippen molar-refractivity contribution in [1.29, 1.82) is 0 Å². The van der Waals surface area contributed by atoms with Gasteiger partial charge in [-0.25, -0.2) is 4.79 Å². The van der Waals surface area contributed by atoms with Crippen molar-refractivity contribution in [2.45, 2.75) is 27.1 Å². The molecule has 1 N–H and O–H groups in total. The van der Waals surface area contributed by atoms with Crippen LogP contribution < -0.4 is 9.47 Å². The van der Waals surface area contributed by atoms with Gasteiger partial charge in [0.15, 0.2) is 0 Å². The molecule has 0 unspecified atom stereocenters. The van der Waals surface area contributed by atoms with E-state index in [4.69, 9.17) is 9.84 Å². The zero-order chi connectivity index (χ0) is 15.1. The van der Waals surface area contributed by atoms with Crippen LogP contribution in [0, 0.1) is 0 Å². The van der Waals surface area contributed by atoms with Gasteiger partial charge in [-0.05, 0) is 19.1 Å². The highest BCUT2D eigenvalue weighted by atomic mass is 19.4. The second-order valence-corrected chi connectivity index (χ2v) is 2.94. The van der Waals surface area contributed by atoms with Crippen molar-refractivity contribution in [2.75, 3.05) is 6.61 Å². The smallest absolute Gasteiger partial charge is 0.493 e. The van der Waals surface area contributed by atoms with E-state index in [0.29, 0.717) is 0 Å². The molecule has 0 saturated carbocycles. The number of carboxylic acids is 1. The van der Waals surface area contributed by atoms with E-state index < -0.39 is 18.1 Å². The largest absolute Gasteiger partial charge is 0.573 e. The molecule has 108 valence electrons. The molecule has 0 atom stereocenters. The van der Waals surface area contributed by atoms with E-state index >= 15 is 0 Å². The van der Waals surface area contributed by atoms with Gasteiger partial charge >= 0.3 is 12.3 Å². The molecule has 0 fully saturated rings. The van der Waals surface area contributed by atoms with Gasteiger partial charge < -0.3 is 14.6 Å². The number of benzene rings is 1. The van der Waals surface area contributed by atoms with Gasteiger partial charge in [0.25, 0.3) is 0 Å². The summed E-state index contributed by atoms with van der Waals surface area (Å²) in [6.45, 7) is 5.72. The Hall–Kier alpha value is -1.92. The third-order valence-corrected chi connectivity index (χ3v) is 1.72.